The first kappa shape index (κ1) is 19.7. The van der Waals surface area contributed by atoms with E-state index in [1.807, 2.05) is 19.9 Å². The quantitative estimate of drug-likeness (QED) is 0.397. The predicted molar refractivity (Wildman–Crippen MR) is 116 cm³/mol. The molecule has 154 valence electrons. The van der Waals surface area contributed by atoms with Crippen molar-refractivity contribution in [3.05, 3.63) is 64.7 Å². The molecule has 0 saturated heterocycles. The van der Waals surface area contributed by atoms with Crippen molar-refractivity contribution in [1.82, 2.24) is 15.3 Å². The summed E-state index contributed by atoms with van der Waals surface area (Å²) in [4.78, 5) is 30.0. The third-order valence-corrected chi connectivity index (χ3v) is 5.28. The molecule has 0 fully saturated rings. The Bertz CT molecular complexity index is 1290. The van der Waals surface area contributed by atoms with Crippen molar-refractivity contribution in [2.45, 2.75) is 27.2 Å². The molecule has 2 amide bonds. The van der Waals surface area contributed by atoms with E-state index in [1.54, 1.807) is 24.3 Å². The number of aryl methyl sites for hydroxylation is 2. The number of carbonyl (C=O) groups is 2. The standard InChI is InChI=1S/C23H23FN4O2/c1-12-4-7-18(24)22-21(12)17(13(2)26-22)8-9-25-23(30)20-10-15-5-6-16(27-14(3)29)11-19(15)28-20/h4-7,10-11,26,28H,8-9H2,1-3H3,(H,25,30)(H,27,29). The van der Waals surface area contributed by atoms with Crippen LogP contribution in [-0.2, 0) is 11.2 Å². The van der Waals surface area contributed by atoms with Crippen LogP contribution in [0.5, 0.6) is 0 Å². The average molecular weight is 406 g/mol. The Morgan fingerprint density at radius 1 is 1.07 bits per heavy atom. The van der Waals surface area contributed by atoms with Gasteiger partial charge in [-0.05, 0) is 55.7 Å². The Balaban J connectivity index is 1.48. The molecule has 0 unspecified atom stereocenters. The molecule has 0 radical (unpaired) electrons. The molecular formula is C23H23FN4O2. The highest BCUT2D eigenvalue weighted by Crippen LogP contribution is 2.28. The first-order valence-electron chi connectivity index (χ1n) is 9.78. The number of hydrogen-bond donors (Lipinski definition) is 4. The van der Waals surface area contributed by atoms with Crippen molar-refractivity contribution in [3.8, 4) is 0 Å². The van der Waals surface area contributed by atoms with Crippen LogP contribution in [0.2, 0.25) is 0 Å². The van der Waals surface area contributed by atoms with Crippen molar-refractivity contribution >= 4 is 39.3 Å². The molecule has 0 spiro atoms. The Morgan fingerprint density at radius 3 is 2.63 bits per heavy atom. The summed E-state index contributed by atoms with van der Waals surface area (Å²) < 4.78 is 14.1. The van der Waals surface area contributed by atoms with Gasteiger partial charge >= 0.3 is 0 Å². The fourth-order valence-electron chi connectivity index (χ4n) is 3.88. The summed E-state index contributed by atoms with van der Waals surface area (Å²) in [6.07, 6.45) is 0.592. The van der Waals surface area contributed by atoms with Crippen LogP contribution in [-0.4, -0.2) is 28.3 Å². The number of anilines is 1. The zero-order chi connectivity index (χ0) is 21.4. The van der Waals surface area contributed by atoms with Gasteiger partial charge in [-0.3, -0.25) is 9.59 Å². The van der Waals surface area contributed by atoms with Crippen LogP contribution in [0.15, 0.2) is 36.4 Å². The maximum absolute atomic E-state index is 14.1. The molecule has 6 nitrogen and oxygen atoms in total. The van der Waals surface area contributed by atoms with Gasteiger partial charge in [0.25, 0.3) is 5.91 Å². The lowest BCUT2D eigenvalue weighted by Crippen LogP contribution is -2.26. The number of amides is 2. The van der Waals surface area contributed by atoms with Crippen molar-refractivity contribution in [1.29, 1.82) is 0 Å². The molecule has 0 bridgehead atoms. The van der Waals surface area contributed by atoms with E-state index in [4.69, 9.17) is 0 Å². The molecule has 0 aliphatic rings. The van der Waals surface area contributed by atoms with Crippen LogP contribution in [0.4, 0.5) is 10.1 Å². The van der Waals surface area contributed by atoms with Gasteiger partial charge in [0.15, 0.2) is 0 Å². The Labute approximate surface area is 172 Å². The second-order valence-corrected chi connectivity index (χ2v) is 7.51. The topological polar surface area (TPSA) is 89.8 Å². The normalized spacial score (nSPS) is 11.2. The molecule has 0 aliphatic heterocycles. The van der Waals surface area contributed by atoms with Crippen LogP contribution in [0.3, 0.4) is 0 Å². The number of aromatic amines is 2. The van der Waals surface area contributed by atoms with Crippen molar-refractivity contribution in [2.75, 3.05) is 11.9 Å². The van der Waals surface area contributed by atoms with E-state index in [-0.39, 0.29) is 17.6 Å². The lowest BCUT2D eigenvalue weighted by Gasteiger charge is -2.06. The van der Waals surface area contributed by atoms with Crippen LogP contribution in [0, 0.1) is 19.7 Å². The van der Waals surface area contributed by atoms with Crippen molar-refractivity contribution < 1.29 is 14.0 Å². The van der Waals surface area contributed by atoms with Gasteiger partial charge in [-0.1, -0.05) is 12.1 Å². The molecule has 0 atom stereocenters. The zero-order valence-corrected chi connectivity index (χ0v) is 17.1. The molecule has 0 saturated carbocycles. The molecule has 4 aromatic rings. The highest BCUT2D eigenvalue weighted by Gasteiger charge is 2.15. The maximum atomic E-state index is 14.1. The summed E-state index contributed by atoms with van der Waals surface area (Å²) >= 11 is 0. The summed E-state index contributed by atoms with van der Waals surface area (Å²) in [5.41, 5.74) is 5.32. The molecule has 4 rings (SSSR count). The fraction of sp³-hybridized carbons (Fsp3) is 0.217. The number of halogens is 1. The number of nitrogens with one attached hydrogen (secondary N) is 4. The van der Waals surface area contributed by atoms with Gasteiger partial charge in [-0.2, -0.15) is 0 Å². The Hall–Kier alpha value is -3.61. The second-order valence-electron chi connectivity index (χ2n) is 7.51. The summed E-state index contributed by atoms with van der Waals surface area (Å²) in [6, 6.07) is 10.4. The van der Waals surface area contributed by atoms with Gasteiger partial charge in [-0.25, -0.2) is 4.39 Å². The lowest BCUT2D eigenvalue weighted by molar-refractivity contribution is -0.114. The van der Waals surface area contributed by atoms with Gasteiger partial charge < -0.3 is 20.6 Å². The molecule has 7 heteroatoms. The Morgan fingerprint density at radius 2 is 1.87 bits per heavy atom. The minimum absolute atomic E-state index is 0.151. The number of aromatic nitrogens is 2. The molecule has 2 aromatic carbocycles. The number of H-pyrrole nitrogens is 2. The number of carbonyl (C=O) groups excluding carboxylic acids is 2. The minimum Gasteiger partial charge on any atom is -0.356 e. The van der Waals surface area contributed by atoms with E-state index in [1.165, 1.54) is 13.0 Å². The van der Waals surface area contributed by atoms with Gasteiger partial charge in [0.1, 0.15) is 11.5 Å². The van der Waals surface area contributed by atoms with Crippen LogP contribution in [0.1, 0.15) is 34.2 Å². The van der Waals surface area contributed by atoms with Crippen LogP contribution in [0.25, 0.3) is 21.8 Å². The minimum atomic E-state index is -0.273. The number of fused-ring (bicyclic) bond motifs is 2. The maximum Gasteiger partial charge on any atom is 0.267 e. The predicted octanol–water partition coefficient (Wildman–Crippen LogP) is 4.34. The molecule has 2 aromatic heterocycles. The summed E-state index contributed by atoms with van der Waals surface area (Å²) in [5, 5.41) is 7.42. The monoisotopic (exact) mass is 406 g/mol. The molecule has 4 N–H and O–H groups in total. The van der Waals surface area contributed by atoms with Crippen molar-refractivity contribution in [2.24, 2.45) is 0 Å². The highest BCUT2D eigenvalue weighted by molar-refractivity contribution is 5.99. The summed E-state index contributed by atoms with van der Waals surface area (Å²) in [6.45, 7) is 5.75. The zero-order valence-electron chi connectivity index (χ0n) is 17.1. The van der Waals surface area contributed by atoms with E-state index < -0.39 is 0 Å². The van der Waals surface area contributed by atoms with Gasteiger partial charge in [0.05, 0.1) is 5.52 Å². The van der Waals surface area contributed by atoms with E-state index >= 15 is 0 Å². The number of rotatable bonds is 5. The highest BCUT2D eigenvalue weighted by atomic mass is 19.1. The first-order valence-corrected chi connectivity index (χ1v) is 9.78. The third kappa shape index (κ3) is 3.66. The second kappa shape index (κ2) is 7.67. The number of benzene rings is 2. The van der Waals surface area contributed by atoms with E-state index in [9.17, 15) is 14.0 Å². The smallest absolute Gasteiger partial charge is 0.267 e. The third-order valence-electron chi connectivity index (χ3n) is 5.28. The largest absolute Gasteiger partial charge is 0.356 e. The van der Waals surface area contributed by atoms with Crippen molar-refractivity contribution in [3.63, 3.8) is 0 Å². The van der Waals surface area contributed by atoms with Crippen LogP contribution < -0.4 is 10.6 Å². The fourth-order valence-corrected chi connectivity index (χ4v) is 3.88. The Kier molecular flexibility index (Phi) is 5.03. The molecule has 2 heterocycles. The van der Waals surface area contributed by atoms with E-state index in [2.05, 4.69) is 20.6 Å². The van der Waals surface area contributed by atoms with E-state index in [0.29, 0.717) is 29.9 Å². The van der Waals surface area contributed by atoms with Crippen LogP contribution >= 0.6 is 0 Å². The molecule has 30 heavy (non-hydrogen) atoms. The molecular weight excluding hydrogens is 383 g/mol. The van der Waals surface area contributed by atoms with Gasteiger partial charge in [-0.15, -0.1) is 0 Å². The summed E-state index contributed by atoms with van der Waals surface area (Å²) in [7, 11) is 0. The summed E-state index contributed by atoms with van der Waals surface area (Å²) in [5.74, 6) is -0.639. The first-order chi connectivity index (χ1) is 14.3. The van der Waals surface area contributed by atoms with Gasteiger partial charge in [0.2, 0.25) is 5.91 Å². The van der Waals surface area contributed by atoms with Gasteiger partial charge in [0, 0.05) is 41.1 Å². The van der Waals surface area contributed by atoms with E-state index in [0.717, 1.165) is 33.1 Å². The number of hydrogen-bond acceptors (Lipinski definition) is 2. The average Bonchev–Trinajstić information content (AvgIpc) is 3.26. The SMILES string of the molecule is CC(=O)Nc1ccc2cc(C(=O)NCCc3c(C)[nH]c4c(F)ccc(C)c34)[nH]c2c1. The molecule has 0 aliphatic carbocycles. The lowest BCUT2D eigenvalue weighted by atomic mass is 10.0.